The molecule has 1 unspecified atom stereocenters. The number of carbonyl (C=O) groups is 1. The van der Waals surface area contributed by atoms with Crippen molar-refractivity contribution >= 4 is 28.3 Å². The van der Waals surface area contributed by atoms with Crippen molar-refractivity contribution in [3.05, 3.63) is 66.7 Å². The Hall–Kier alpha value is -3.71. The lowest BCUT2D eigenvalue weighted by Crippen LogP contribution is -2.35. The highest BCUT2D eigenvalue weighted by Gasteiger charge is 2.14. The maximum absolute atomic E-state index is 11.0. The normalized spacial score (nSPS) is 11.9. The number of rotatable bonds is 12. The largest absolute Gasteiger partial charge is 0.493 e. The zero-order chi connectivity index (χ0) is 22.2. The lowest BCUT2D eigenvalue weighted by atomic mass is 10.1. The Bertz CT molecular complexity index is 1170. The van der Waals surface area contributed by atoms with E-state index in [1.54, 1.807) is 7.11 Å². The van der Waals surface area contributed by atoms with Crippen molar-refractivity contribution in [2.75, 3.05) is 33.4 Å². The van der Waals surface area contributed by atoms with E-state index in [-0.39, 0.29) is 6.61 Å². The van der Waals surface area contributed by atoms with Gasteiger partial charge in [0, 0.05) is 29.4 Å². The first-order valence-corrected chi connectivity index (χ1v) is 10.5. The molecule has 0 aliphatic carbocycles. The predicted molar refractivity (Wildman–Crippen MR) is 124 cm³/mol. The molecule has 1 aromatic heterocycles. The molecule has 4 aromatic rings. The first-order valence-electron chi connectivity index (χ1n) is 10.5. The zero-order valence-corrected chi connectivity index (χ0v) is 17.9. The summed E-state index contributed by atoms with van der Waals surface area (Å²) in [6.45, 7) is 2.15. The SMILES string of the molecule is COc1ccccc1OCCNCC(COc1cccc2[nH]c3ccccc3c12)OC=O. The summed E-state index contributed by atoms with van der Waals surface area (Å²) in [6.07, 6.45) is -0.431. The van der Waals surface area contributed by atoms with E-state index in [0.717, 1.165) is 27.6 Å². The van der Waals surface area contributed by atoms with E-state index in [1.807, 2.05) is 60.7 Å². The monoisotopic (exact) mass is 434 g/mol. The van der Waals surface area contributed by atoms with Crippen LogP contribution in [-0.4, -0.2) is 51.0 Å². The maximum Gasteiger partial charge on any atom is 0.293 e. The van der Waals surface area contributed by atoms with Gasteiger partial charge in [0.15, 0.2) is 11.5 Å². The van der Waals surface area contributed by atoms with Crippen LogP contribution in [0.4, 0.5) is 0 Å². The molecule has 0 aliphatic heterocycles. The van der Waals surface area contributed by atoms with Gasteiger partial charge in [0.05, 0.1) is 12.6 Å². The Morgan fingerprint density at radius 2 is 1.66 bits per heavy atom. The second-order valence-corrected chi connectivity index (χ2v) is 7.22. The third-order valence-corrected chi connectivity index (χ3v) is 5.14. The average Bonchev–Trinajstić information content (AvgIpc) is 3.22. The summed E-state index contributed by atoms with van der Waals surface area (Å²) >= 11 is 0. The van der Waals surface area contributed by atoms with Gasteiger partial charge in [-0.3, -0.25) is 4.79 Å². The Kier molecular flexibility index (Phi) is 7.09. The second-order valence-electron chi connectivity index (χ2n) is 7.22. The lowest BCUT2D eigenvalue weighted by Gasteiger charge is -2.17. The highest BCUT2D eigenvalue weighted by Crippen LogP contribution is 2.33. The fourth-order valence-corrected chi connectivity index (χ4v) is 3.63. The quantitative estimate of drug-likeness (QED) is 0.260. The van der Waals surface area contributed by atoms with E-state index in [2.05, 4.69) is 16.4 Å². The van der Waals surface area contributed by atoms with E-state index in [9.17, 15) is 4.79 Å². The molecule has 4 rings (SSSR count). The first kappa shape index (κ1) is 21.5. The number of hydrogen-bond donors (Lipinski definition) is 2. The maximum atomic E-state index is 11.0. The van der Waals surface area contributed by atoms with Gasteiger partial charge in [-0.25, -0.2) is 0 Å². The minimum absolute atomic E-state index is 0.234. The molecule has 0 saturated carbocycles. The topological polar surface area (TPSA) is 81.8 Å². The molecule has 0 amide bonds. The third kappa shape index (κ3) is 4.95. The van der Waals surface area contributed by atoms with Crippen LogP contribution in [0.1, 0.15) is 0 Å². The average molecular weight is 434 g/mol. The van der Waals surface area contributed by atoms with Crippen LogP contribution in [-0.2, 0) is 9.53 Å². The number of benzene rings is 3. The van der Waals surface area contributed by atoms with Crippen LogP contribution in [0.2, 0.25) is 0 Å². The third-order valence-electron chi connectivity index (χ3n) is 5.14. The van der Waals surface area contributed by atoms with Crippen LogP contribution in [0.25, 0.3) is 21.8 Å². The zero-order valence-electron chi connectivity index (χ0n) is 17.9. The number of para-hydroxylation sites is 3. The van der Waals surface area contributed by atoms with Gasteiger partial charge in [-0.1, -0.05) is 36.4 Å². The summed E-state index contributed by atoms with van der Waals surface area (Å²) in [6, 6.07) is 21.5. The number of methoxy groups -OCH3 is 1. The first-order chi connectivity index (χ1) is 15.8. The van der Waals surface area contributed by atoms with Crippen molar-refractivity contribution in [2.24, 2.45) is 0 Å². The number of carbonyl (C=O) groups excluding carboxylic acids is 1. The number of hydrogen-bond acceptors (Lipinski definition) is 6. The number of ether oxygens (including phenoxy) is 4. The lowest BCUT2D eigenvalue weighted by molar-refractivity contribution is -0.134. The molecular formula is C25H26N2O5. The molecule has 7 heteroatoms. The van der Waals surface area contributed by atoms with Gasteiger partial charge in [-0.05, 0) is 30.3 Å². The smallest absolute Gasteiger partial charge is 0.293 e. The standard InChI is InChI=1S/C25H26N2O5/c1-29-22-10-4-5-11-23(22)30-14-13-26-15-18(32-17-28)16-31-24-12-6-9-21-25(24)19-7-2-3-8-20(19)27-21/h2-12,17-18,26-27H,13-16H2,1H3. The van der Waals surface area contributed by atoms with Gasteiger partial charge in [0.2, 0.25) is 0 Å². The summed E-state index contributed by atoms with van der Waals surface area (Å²) in [7, 11) is 1.61. The predicted octanol–water partition coefficient (Wildman–Crippen LogP) is 3.92. The molecule has 166 valence electrons. The second kappa shape index (κ2) is 10.5. The van der Waals surface area contributed by atoms with E-state index in [4.69, 9.17) is 18.9 Å². The molecule has 7 nitrogen and oxygen atoms in total. The molecular weight excluding hydrogens is 408 g/mol. The van der Waals surface area contributed by atoms with E-state index < -0.39 is 6.10 Å². The van der Waals surface area contributed by atoms with Crippen molar-refractivity contribution in [1.82, 2.24) is 10.3 Å². The Morgan fingerprint density at radius 1 is 0.906 bits per heavy atom. The Balaban J connectivity index is 1.32. The molecule has 0 radical (unpaired) electrons. The summed E-state index contributed by atoms with van der Waals surface area (Å²) < 4.78 is 22.3. The molecule has 3 aromatic carbocycles. The minimum Gasteiger partial charge on any atom is -0.493 e. The molecule has 0 bridgehead atoms. The van der Waals surface area contributed by atoms with E-state index in [0.29, 0.717) is 37.7 Å². The highest BCUT2D eigenvalue weighted by atomic mass is 16.6. The van der Waals surface area contributed by atoms with Crippen molar-refractivity contribution in [3.63, 3.8) is 0 Å². The molecule has 2 N–H and O–H groups in total. The van der Waals surface area contributed by atoms with Crippen LogP contribution in [0.5, 0.6) is 17.2 Å². The Labute approximate surface area is 186 Å². The number of H-pyrrole nitrogens is 1. The van der Waals surface area contributed by atoms with Crippen LogP contribution in [0.3, 0.4) is 0 Å². The van der Waals surface area contributed by atoms with Crippen molar-refractivity contribution in [1.29, 1.82) is 0 Å². The number of aromatic nitrogens is 1. The molecule has 1 heterocycles. The summed E-state index contributed by atoms with van der Waals surface area (Å²) in [4.78, 5) is 14.4. The highest BCUT2D eigenvalue weighted by molar-refractivity contribution is 6.10. The van der Waals surface area contributed by atoms with Gasteiger partial charge >= 0.3 is 0 Å². The fourth-order valence-electron chi connectivity index (χ4n) is 3.63. The van der Waals surface area contributed by atoms with Crippen LogP contribution >= 0.6 is 0 Å². The Morgan fingerprint density at radius 3 is 2.50 bits per heavy atom. The molecule has 0 saturated heterocycles. The molecule has 0 spiro atoms. The minimum atomic E-state index is -0.431. The van der Waals surface area contributed by atoms with Crippen molar-refractivity contribution < 1.29 is 23.7 Å². The molecule has 32 heavy (non-hydrogen) atoms. The van der Waals surface area contributed by atoms with Crippen LogP contribution in [0, 0.1) is 0 Å². The number of aromatic amines is 1. The summed E-state index contributed by atoms with van der Waals surface area (Å²) in [5, 5.41) is 5.35. The molecule has 1 atom stereocenters. The van der Waals surface area contributed by atoms with Gasteiger partial charge in [0.25, 0.3) is 6.47 Å². The van der Waals surface area contributed by atoms with Gasteiger partial charge < -0.3 is 29.2 Å². The summed E-state index contributed by atoms with van der Waals surface area (Å²) in [5.74, 6) is 2.13. The number of fused-ring (bicyclic) bond motifs is 3. The van der Waals surface area contributed by atoms with Gasteiger partial charge in [-0.15, -0.1) is 0 Å². The van der Waals surface area contributed by atoms with Crippen LogP contribution < -0.4 is 19.5 Å². The molecule has 0 fully saturated rings. The van der Waals surface area contributed by atoms with Crippen LogP contribution in [0.15, 0.2) is 66.7 Å². The van der Waals surface area contributed by atoms with E-state index >= 15 is 0 Å². The van der Waals surface area contributed by atoms with Crippen molar-refractivity contribution in [2.45, 2.75) is 6.10 Å². The number of nitrogens with one attached hydrogen (secondary N) is 2. The fraction of sp³-hybridized carbons (Fsp3) is 0.240. The van der Waals surface area contributed by atoms with Gasteiger partial charge in [0.1, 0.15) is 25.1 Å². The van der Waals surface area contributed by atoms with Gasteiger partial charge in [-0.2, -0.15) is 0 Å². The van der Waals surface area contributed by atoms with Crippen molar-refractivity contribution in [3.8, 4) is 17.2 Å². The van der Waals surface area contributed by atoms with E-state index in [1.165, 1.54) is 0 Å². The summed E-state index contributed by atoms with van der Waals surface area (Å²) in [5.41, 5.74) is 2.05. The molecule has 0 aliphatic rings.